The van der Waals surface area contributed by atoms with Crippen molar-refractivity contribution >= 4 is 5.91 Å². The molecule has 1 amide bonds. The van der Waals surface area contributed by atoms with E-state index in [4.69, 9.17) is 6.42 Å². The third-order valence-electron chi connectivity index (χ3n) is 2.54. The Morgan fingerprint density at radius 3 is 2.44 bits per heavy atom. The molecule has 0 saturated carbocycles. The van der Waals surface area contributed by atoms with Crippen molar-refractivity contribution in [2.24, 2.45) is 0 Å². The SMILES string of the molecule is C#Cc1cc(C)cc(C(=O)N(CC)CC)c1. The van der Waals surface area contributed by atoms with Crippen molar-refractivity contribution in [3.05, 3.63) is 34.9 Å². The van der Waals surface area contributed by atoms with Gasteiger partial charge in [0.15, 0.2) is 0 Å². The summed E-state index contributed by atoms with van der Waals surface area (Å²) in [5, 5.41) is 0. The summed E-state index contributed by atoms with van der Waals surface area (Å²) in [5.41, 5.74) is 2.46. The van der Waals surface area contributed by atoms with Crippen LogP contribution < -0.4 is 0 Å². The Balaban J connectivity index is 3.09. The van der Waals surface area contributed by atoms with Gasteiger partial charge in [-0.3, -0.25) is 4.79 Å². The highest BCUT2D eigenvalue weighted by Crippen LogP contribution is 2.11. The Morgan fingerprint density at radius 2 is 1.94 bits per heavy atom. The maximum Gasteiger partial charge on any atom is 0.253 e. The van der Waals surface area contributed by atoms with Crippen molar-refractivity contribution in [1.82, 2.24) is 4.90 Å². The van der Waals surface area contributed by atoms with Crippen molar-refractivity contribution in [3.63, 3.8) is 0 Å². The van der Waals surface area contributed by atoms with Gasteiger partial charge in [0.05, 0.1) is 0 Å². The van der Waals surface area contributed by atoms with E-state index in [-0.39, 0.29) is 5.91 Å². The van der Waals surface area contributed by atoms with E-state index in [0.717, 1.165) is 11.1 Å². The van der Waals surface area contributed by atoms with Crippen LogP contribution in [0.4, 0.5) is 0 Å². The third kappa shape index (κ3) is 2.64. The molecule has 84 valence electrons. The standard InChI is InChI=1S/C14H17NO/c1-5-12-8-11(4)9-13(10-12)14(16)15(6-2)7-3/h1,8-10H,6-7H2,2-4H3. The maximum atomic E-state index is 12.1. The second-order valence-corrected chi connectivity index (χ2v) is 3.71. The minimum Gasteiger partial charge on any atom is -0.339 e. The first kappa shape index (κ1) is 12.3. The van der Waals surface area contributed by atoms with Gasteiger partial charge < -0.3 is 4.90 Å². The number of hydrogen-bond donors (Lipinski definition) is 0. The Hall–Kier alpha value is -1.75. The summed E-state index contributed by atoms with van der Waals surface area (Å²) in [4.78, 5) is 13.9. The van der Waals surface area contributed by atoms with Gasteiger partial charge in [-0.05, 0) is 44.5 Å². The summed E-state index contributed by atoms with van der Waals surface area (Å²) in [6.07, 6.45) is 5.35. The Kier molecular flexibility index (Phi) is 4.13. The summed E-state index contributed by atoms with van der Waals surface area (Å²) >= 11 is 0. The first-order valence-corrected chi connectivity index (χ1v) is 5.50. The van der Waals surface area contributed by atoms with Crippen LogP contribution in [0.2, 0.25) is 0 Å². The zero-order valence-electron chi connectivity index (χ0n) is 10.1. The highest BCUT2D eigenvalue weighted by atomic mass is 16.2. The number of nitrogens with zero attached hydrogens (tertiary/aromatic N) is 1. The van der Waals surface area contributed by atoms with Crippen LogP contribution in [-0.2, 0) is 0 Å². The van der Waals surface area contributed by atoms with Gasteiger partial charge in [0, 0.05) is 24.2 Å². The minimum absolute atomic E-state index is 0.0465. The largest absolute Gasteiger partial charge is 0.339 e. The zero-order chi connectivity index (χ0) is 12.1. The molecule has 0 N–H and O–H groups in total. The van der Waals surface area contributed by atoms with Crippen LogP contribution >= 0.6 is 0 Å². The van der Waals surface area contributed by atoms with E-state index in [1.807, 2.05) is 32.9 Å². The van der Waals surface area contributed by atoms with Crippen LogP contribution in [0.3, 0.4) is 0 Å². The summed E-state index contributed by atoms with van der Waals surface area (Å²) in [6, 6.07) is 5.55. The first-order valence-electron chi connectivity index (χ1n) is 5.50. The van der Waals surface area contributed by atoms with Crippen LogP contribution in [0.1, 0.15) is 35.3 Å². The van der Waals surface area contributed by atoms with Crippen molar-refractivity contribution in [1.29, 1.82) is 0 Å². The Labute approximate surface area is 97.3 Å². The van der Waals surface area contributed by atoms with E-state index >= 15 is 0 Å². The molecule has 0 aliphatic rings. The maximum absolute atomic E-state index is 12.1. The topological polar surface area (TPSA) is 20.3 Å². The van der Waals surface area contributed by atoms with E-state index in [2.05, 4.69) is 5.92 Å². The Morgan fingerprint density at radius 1 is 1.31 bits per heavy atom. The quantitative estimate of drug-likeness (QED) is 0.709. The van der Waals surface area contributed by atoms with Crippen LogP contribution in [0.15, 0.2) is 18.2 Å². The monoisotopic (exact) mass is 215 g/mol. The molecule has 2 nitrogen and oxygen atoms in total. The van der Waals surface area contributed by atoms with Gasteiger partial charge in [0.1, 0.15) is 0 Å². The number of carbonyl (C=O) groups is 1. The molecule has 2 heteroatoms. The first-order chi connectivity index (χ1) is 7.62. The molecule has 1 rings (SSSR count). The van der Waals surface area contributed by atoms with Gasteiger partial charge in [-0.1, -0.05) is 5.92 Å². The number of terminal acetylenes is 1. The molecular weight excluding hydrogens is 198 g/mol. The molecule has 1 aromatic carbocycles. The molecule has 0 aliphatic heterocycles. The number of aryl methyl sites for hydroxylation is 1. The fourth-order valence-corrected chi connectivity index (χ4v) is 1.68. The van der Waals surface area contributed by atoms with Crippen LogP contribution in [-0.4, -0.2) is 23.9 Å². The van der Waals surface area contributed by atoms with Gasteiger partial charge in [-0.2, -0.15) is 0 Å². The van der Waals surface area contributed by atoms with Crippen LogP contribution in [0, 0.1) is 19.3 Å². The Bertz CT molecular complexity index is 425. The molecule has 0 aliphatic carbocycles. The average Bonchev–Trinajstić information content (AvgIpc) is 2.29. The number of amides is 1. The average molecular weight is 215 g/mol. The predicted molar refractivity (Wildman–Crippen MR) is 66.4 cm³/mol. The second-order valence-electron chi connectivity index (χ2n) is 3.71. The smallest absolute Gasteiger partial charge is 0.253 e. The zero-order valence-corrected chi connectivity index (χ0v) is 10.1. The fourth-order valence-electron chi connectivity index (χ4n) is 1.68. The van der Waals surface area contributed by atoms with Gasteiger partial charge in [-0.15, -0.1) is 6.42 Å². The molecule has 0 radical (unpaired) electrons. The lowest BCUT2D eigenvalue weighted by atomic mass is 10.1. The highest BCUT2D eigenvalue weighted by molar-refractivity contribution is 5.94. The second kappa shape index (κ2) is 5.37. The number of hydrogen-bond acceptors (Lipinski definition) is 1. The van der Waals surface area contributed by atoms with Gasteiger partial charge in [-0.25, -0.2) is 0 Å². The molecule has 1 aromatic rings. The molecule has 0 unspecified atom stereocenters. The summed E-state index contributed by atoms with van der Waals surface area (Å²) in [5.74, 6) is 2.61. The molecule has 0 saturated heterocycles. The minimum atomic E-state index is 0.0465. The van der Waals surface area contributed by atoms with Crippen molar-refractivity contribution in [2.75, 3.05) is 13.1 Å². The number of benzene rings is 1. The summed E-state index contributed by atoms with van der Waals surface area (Å²) in [6.45, 7) is 7.32. The van der Waals surface area contributed by atoms with Gasteiger partial charge in [0.2, 0.25) is 0 Å². The lowest BCUT2D eigenvalue weighted by Crippen LogP contribution is -2.30. The van der Waals surface area contributed by atoms with Crippen LogP contribution in [0.5, 0.6) is 0 Å². The molecule has 16 heavy (non-hydrogen) atoms. The molecule has 0 bridgehead atoms. The van der Waals surface area contributed by atoms with E-state index < -0.39 is 0 Å². The molecule has 0 spiro atoms. The summed E-state index contributed by atoms with van der Waals surface area (Å²) in [7, 11) is 0. The lowest BCUT2D eigenvalue weighted by Gasteiger charge is -2.19. The van der Waals surface area contributed by atoms with E-state index in [9.17, 15) is 4.79 Å². The summed E-state index contributed by atoms with van der Waals surface area (Å²) < 4.78 is 0. The molecule has 0 heterocycles. The van der Waals surface area contributed by atoms with Crippen LogP contribution in [0.25, 0.3) is 0 Å². The number of carbonyl (C=O) groups excluding carboxylic acids is 1. The molecular formula is C14H17NO. The third-order valence-corrected chi connectivity index (χ3v) is 2.54. The van der Waals surface area contributed by atoms with E-state index in [1.165, 1.54) is 0 Å². The molecule has 0 atom stereocenters. The number of rotatable bonds is 3. The van der Waals surface area contributed by atoms with Crippen molar-refractivity contribution < 1.29 is 4.79 Å². The van der Waals surface area contributed by atoms with E-state index in [1.54, 1.807) is 11.0 Å². The van der Waals surface area contributed by atoms with Crippen molar-refractivity contribution in [2.45, 2.75) is 20.8 Å². The normalized spacial score (nSPS) is 9.62. The van der Waals surface area contributed by atoms with Gasteiger partial charge >= 0.3 is 0 Å². The molecule has 0 fully saturated rings. The van der Waals surface area contributed by atoms with E-state index in [0.29, 0.717) is 18.7 Å². The fraction of sp³-hybridized carbons (Fsp3) is 0.357. The van der Waals surface area contributed by atoms with Gasteiger partial charge in [0.25, 0.3) is 5.91 Å². The lowest BCUT2D eigenvalue weighted by molar-refractivity contribution is 0.0773. The molecule has 0 aromatic heterocycles. The highest BCUT2D eigenvalue weighted by Gasteiger charge is 2.12. The van der Waals surface area contributed by atoms with Crippen molar-refractivity contribution in [3.8, 4) is 12.3 Å². The predicted octanol–water partition coefficient (Wildman–Crippen LogP) is 2.46.